The van der Waals surface area contributed by atoms with Crippen molar-refractivity contribution in [1.82, 2.24) is 25.2 Å². The van der Waals surface area contributed by atoms with Gasteiger partial charge in [-0.05, 0) is 50.0 Å². The summed E-state index contributed by atoms with van der Waals surface area (Å²) in [6.07, 6.45) is 1.80. The van der Waals surface area contributed by atoms with Crippen LogP contribution in [0.25, 0.3) is 11.0 Å². The molecule has 0 spiro atoms. The third kappa shape index (κ3) is 3.91. The fourth-order valence-electron chi connectivity index (χ4n) is 3.10. The van der Waals surface area contributed by atoms with E-state index in [2.05, 4.69) is 27.5 Å². The van der Waals surface area contributed by atoms with Gasteiger partial charge in [-0.2, -0.15) is 0 Å². The summed E-state index contributed by atoms with van der Waals surface area (Å²) in [7, 11) is 1.81. The Morgan fingerprint density at radius 2 is 2.17 bits per heavy atom. The average Bonchev–Trinajstić information content (AvgIpc) is 2.95. The maximum absolute atomic E-state index is 12.2. The Balaban J connectivity index is 1.50. The third-order valence-corrected chi connectivity index (χ3v) is 4.72. The minimum Gasteiger partial charge on any atom is -0.390 e. The molecule has 2 N–H and O–H groups in total. The number of aliphatic hydroxyl groups excluding tert-OH is 1. The van der Waals surface area contributed by atoms with Crippen LogP contribution in [0.2, 0.25) is 0 Å². The van der Waals surface area contributed by atoms with Crippen LogP contribution >= 0.6 is 0 Å². The zero-order valence-electron chi connectivity index (χ0n) is 14.3. The molecule has 1 amide bonds. The van der Waals surface area contributed by atoms with Crippen molar-refractivity contribution in [2.24, 2.45) is 13.0 Å². The van der Waals surface area contributed by atoms with Gasteiger partial charge in [-0.15, -0.1) is 5.10 Å². The molecule has 1 saturated heterocycles. The van der Waals surface area contributed by atoms with Crippen LogP contribution in [0.5, 0.6) is 0 Å². The number of aliphatic hydroxyl groups is 1. The van der Waals surface area contributed by atoms with E-state index in [-0.39, 0.29) is 12.5 Å². The van der Waals surface area contributed by atoms with Gasteiger partial charge in [0.2, 0.25) is 0 Å². The van der Waals surface area contributed by atoms with E-state index in [1.165, 1.54) is 12.8 Å². The normalized spacial score (nSPS) is 18.0. The van der Waals surface area contributed by atoms with E-state index in [1.807, 2.05) is 13.1 Å². The number of fused-ring (bicyclic) bond motifs is 1. The highest BCUT2D eigenvalue weighted by atomic mass is 16.3. The Hall–Kier alpha value is -1.99. The lowest BCUT2D eigenvalue weighted by Gasteiger charge is -2.31. The monoisotopic (exact) mass is 331 g/mol. The zero-order chi connectivity index (χ0) is 17.1. The summed E-state index contributed by atoms with van der Waals surface area (Å²) in [4.78, 5) is 14.5. The molecule has 1 atom stereocenters. The molecule has 7 heteroatoms. The van der Waals surface area contributed by atoms with Crippen molar-refractivity contribution in [2.45, 2.75) is 25.9 Å². The van der Waals surface area contributed by atoms with Gasteiger partial charge in [0.25, 0.3) is 5.91 Å². The van der Waals surface area contributed by atoms with Crippen molar-refractivity contribution in [3.8, 4) is 0 Å². The number of hydrogen-bond acceptors (Lipinski definition) is 5. The summed E-state index contributed by atoms with van der Waals surface area (Å²) < 4.78 is 1.67. The van der Waals surface area contributed by atoms with E-state index in [9.17, 15) is 9.90 Å². The number of carbonyl (C=O) groups is 1. The Kier molecular flexibility index (Phi) is 5.11. The number of piperidine rings is 1. The quantitative estimate of drug-likeness (QED) is 0.846. The van der Waals surface area contributed by atoms with Crippen LogP contribution in [0.1, 0.15) is 30.1 Å². The van der Waals surface area contributed by atoms with Crippen LogP contribution in [0, 0.1) is 5.92 Å². The molecule has 1 aromatic carbocycles. The fraction of sp³-hybridized carbons (Fsp3) is 0.588. The molecule has 0 aliphatic carbocycles. The molecule has 7 nitrogen and oxygen atoms in total. The highest BCUT2D eigenvalue weighted by Gasteiger charge is 2.19. The summed E-state index contributed by atoms with van der Waals surface area (Å²) in [5.41, 5.74) is 2.10. The predicted octanol–water partition coefficient (Wildman–Crippen LogP) is 0.791. The number of likely N-dealkylation sites (tertiary alicyclic amines) is 1. The van der Waals surface area contributed by atoms with Gasteiger partial charge in [0.1, 0.15) is 5.52 Å². The van der Waals surface area contributed by atoms with Crippen LogP contribution in [0.4, 0.5) is 0 Å². The lowest BCUT2D eigenvalue weighted by molar-refractivity contribution is 0.0795. The number of aromatic nitrogens is 3. The van der Waals surface area contributed by atoms with Crippen molar-refractivity contribution in [3.05, 3.63) is 23.8 Å². The van der Waals surface area contributed by atoms with E-state index < -0.39 is 6.10 Å². The van der Waals surface area contributed by atoms with Crippen LogP contribution in [0.3, 0.4) is 0 Å². The van der Waals surface area contributed by atoms with Gasteiger partial charge in [0.15, 0.2) is 0 Å². The van der Waals surface area contributed by atoms with Gasteiger partial charge in [-0.3, -0.25) is 4.79 Å². The summed E-state index contributed by atoms with van der Waals surface area (Å²) in [6.45, 7) is 5.17. The molecule has 0 bridgehead atoms. The average molecular weight is 331 g/mol. The second-order valence-electron chi connectivity index (χ2n) is 6.76. The van der Waals surface area contributed by atoms with Crippen molar-refractivity contribution >= 4 is 16.9 Å². The topological polar surface area (TPSA) is 83.3 Å². The molecule has 2 heterocycles. The number of nitrogens with one attached hydrogen (secondary N) is 1. The highest BCUT2D eigenvalue weighted by molar-refractivity contribution is 5.97. The minimum absolute atomic E-state index is 0.200. The molecule has 0 radical (unpaired) electrons. The summed E-state index contributed by atoms with van der Waals surface area (Å²) >= 11 is 0. The summed E-state index contributed by atoms with van der Waals surface area (Å²) in [5.74, 6) is 0.572. The second-order valence-corrected chi connectivity index (χ2v) is 6.76. The molecule has 0 saturated carbocycles. The zero-order valence-corrected chi connectivity index (χ0v) is 14.3. The largest absolute Gasteiger partial charge is 0.390 e. The summed E-state index contributed by atoms with van der Waals surface area (Å²) in [6, 6.07) is 5.30. The van der Waals surface area contributed by atoms with Crippen LogP contribution in [0.15, 0.2) is 18.2 Å². The molecule has 1 aliphatic heterocycles. The number of aryl methyl sites for hydroxylation is 1. The summed E-state index contributed by atoms with van der Waals surface area (Å²) in [5, 5.41) is 20.9. The molecule has 24 heavy (non-hydrogen) atoms. The number of hydrogen-bond donors (Lipinski definition) is 2. The van der Waals surface area contributed by atoms with E-state index >= 15 is 0 Å². The maximum Gasteiger partial charge on any atom is 0.251 e. The first-order chi connectivity index (χ1) is 11.5. The van der Waals surface area contributed by atoms with Crippen LogP contribution < -0.4 is 5.32 Å². The molecular formula is C17H25N5O2. The molecule has 1 unspecified atom stereocenters. The first kappa shape index (κ1) is 16.9. The first-order valence-corrected chi connectivity index (χ1v) is 8.51. The van der Waals surface area contributed by atoms with Gasteiger partial charge in [0, 0.05) is 25.7 Å². The number of rotatable bonds is 5. The Morgan fingerprint density at radius 3 is 2.92 bits per heavy atom. The second kappa shape index (κ2) is 7.27. The van der Waals surface area contributed by atoms with Crippen LogP contribution in [-0.2, 0) is 7.05 Å². The molecule has 1 aliphatic rings. The first-order valence-electron chi connectivity index (χ1n) is 8.51. The predicted molar refractivity (Wildman–Crippen MR) is 91.7 cm³/mol. The molecule has 1 fully saturated rings. The van der Waals surface area contributed by atoms with Gasteiger partial charge < -0.3 is 15.3 Å². The highest BCUT2D eigenvalue weighted by Crippen LogP contribution is 2.16. The maximum atomic E-state index is 12.2. The van der Waals surface area contributed by atoms with E-state index in [0.29, 0.717) is 17.6 Å². The van der Waals surface area contributed by atoms with Crippen molar-refractivity contribution in [2.75, 3.05) is 26.2 Å². The van der Waals surface area contributed by atoms with Crippen molar-refractivity contribution in [1.29, 1.82) is 0 Å². The smallest absolute Gasteiger partial charge is 0.251 e. The lowest BCUT2D eigenvalue weighted by atomic mass is 9.99. The van der Waals surface area contributed by atoms with Crippen molar-refractivity contribution < 1.29 is 9.90 Å². The Bertz CT molecular complexity index is 706. The van der Waals surface area contributed by atoms with E-state index in [0.717, 1.165) is 24.5 Å². The SMILES string of the molecule is CC1CCN(CC(O)CNC(=O)c2ccc3c(c2)nnn3C)CC1. The number of β-amino-alcohol motifs (C(OH)–C–C–N with tert-alkyl or cyclic N) is 1. The van der Waals surface area contributed by atoms with Crippen LogP contribution in [-0.4, -0.2) is 63.2 Å². The standard InChI is InChI=1S/C17H25N5O2/c1-12-5-7-22(8-6-12)11-14(23)10-18-17(24)13-3-4-16-15(9-13)19-20-21(16)2/h3-4,9,12,14,23H,5-8,10-11H2,1-2H3,(H,18,24). The van der Waals surface area contributed by atoms with Crippen molar-refractivity contribution in [3.63, 3.8) is 0 Å². The third-order valence-electron chi connectivity index (χ3n) is 4.72. The van der Waals surface area contributed by atoms with Gasteiger partial charge in [-0.25, -0.2) is 4.68 Å². The Morgan fingerprint density at radius 1 is 1.42 bits per heavy atom. The molecule has 2 aromatic rings. The number of carbonyl (C=O) groups excluding carboxylic acids is 1. The van der Waals surface area contributed by atoms with Gasteiger partial charge in [0.05, 0.1) is 11.6 Å². The number of benzene rings is 1. The minimum atomic E-state index is -0.553. The molecule has 3 rings (SSSR count). The fourth-order valence-corrected chi connectivity index (χ4v) is 3.10. The molecule has 1 aromatic heterocycles. The molecular weight excluding hydrogens is 306 g/mol. The van der Waals surface area contributed by atoms with Gasteiger partial charge >= 0.3 is 0 Å². The molecule has 130 valence electrons. The lowest BCUT2D eigenvalue weighted by Crippen LogP contribution is -2.43. The number of amides is 1. The van der Waals surface area contributed by atoms with Gasteiger partial charge in [-0.1, -0.05) is 12.1 Å². The number of nitrogens with zero attached hydrogens (tertiary/aromatic N) is 4. The van der Waals surface area contributed by atoms with E-state index in [1.54, 1.807) is 16.8 Å². The van der Waals surface area contributed by atoms with E-state index in [4.69, 9.17) is 0 Å². The Labute approximate surface area is 141 Å².